The molecule has 4 N–H and O–H groups in total. The molecule has 2 atom stereocenters. The summed E-state index contributed by atoms with van der Waals surface area (Å²) in [5, 5.41) is 15.8. The van der Waals surface area contributed by atoms with E-state index in [9.17, 15) is 33.6 Å². The van der Waals surface area contributed by atoms with Gasteiger partial charge in [-0.15, -0.1) is 22.7 Å². The number of aryl methyl sites for hydroxylation is 2. The number of hydrogen-bond donors (Lipinski definition) is 4. The molecule has 17 heteroatoms. The van der Waals surface area contributed by atoms with E-state index in [2.05, 4.69) is 41.2 Å². The van der Waals surface area contributed by atoms with Gasteiger partial charge in [-0.2, -0.15) is 0 Å². The van der Waals surface area contributed by atoms with Gasteiger partial charge in [0.15, 0.2) is 11.6 Å². The second-order valence-electron chi connectivity index (χ2n) is 14.8. The largest absolute Gasteiger partial charge is 0.349 e. The Morgan fingerprint density at radius 3 is 1.74 bits per heavy atom. The number of Topliss-reactive ketones (excluding diaryl/α,β-unsaturated/α-hetero) is 3. The summed E-state index contributed by atoms with van der Waals surface area (Å²) in [6.45, 7) is 3.88. The first-order valence-electron chi connectivity index (χ1n) is 18.5. The first-order chi connectivity index (χ1) is 25.8. The van der Waals surface area contributed by atoms with Crippen LogP contribution in [-0.4, -0.2) is 92.1 Å². The topological polar surface area (TPSA) is 218 Å². The normalized spacial score (nSPS) is 20.3. The van der Waals surface area contributed by atoms with Gasteiger partial charge in [0.05, 0.1) is 60.6 Å². The Bertz CT molecular complexity index is 1890. The molecule has 2 fully saturated rings. The molecule has 0 bridgehead atoms. The molecule has 0 radical (unpaired) electrons. The fourth-order valence-electron chi connectivity index (χ4n) is 6.62. The van der Waals surface area contributed by atoms with Gasteiger partial charge in [-0.25, -0.2) is 9.97 Å². The zero-order valence-corrected chi connectivity index (χ0v) is 32.2. The molecule has 2 saturated carbocycles. The number of nitrogens with zero attached hydrogens (tertiary/aromatic N) is 4. The fourth-order valence-corrected chi connectivity index (χ4v) is 8.19. The summed E-state index contributed by atoms with van der Waals surface area (Å²) in [6, 6.07) is 0.434. The first-order valence-corrected chi connectivity index (χ1v) is 20.3. The Labute approximate surface area is 321 Å². The summed E-state index contributed by atoms with van der Waals surface area (Å²) in [7, 11) is 0. The number of rotatable bonds is 20. The Kier molecular flexibility index (Phi) is 12.3. The molecule has 288 valence electrons. The lowest BCUT2D eigenvalue weighted by atomic mass is 10.1. The predicted molar refractivity (Wildman–Crippen MR) is 202 cm³/mol. The van der Waals surface area contributed by atoms with Crippen LogP contribution in [0.15, 0.2) is 20.7 Å². The van der Waals surface area contributed by atoms with Crippen molar-refractivity contribution in [3.63, 3.8) is 0 Å². The van der Waals surface area contributed by atoms with Crippen LogP contribution in [0.25, 0.3) is 0 Å². The second-order valence-corrected chi connectivity index (χ2v) is 16.7. The molecular weight excluding hydrogens is 733 g/mol. The predicted octanol–water partition coefficient (Wildman–Crippen LogP) is 2.54. The average molecular weight is 779 g/mol. The Hall–Kier alpha value is -4.51. The lowest BCUT2D eigenvalue weighted by Gasteiger charge is -2.16. The van der Waals surface area contributed by atoms with Crippen LogP contribution in [0, 0.1) is 0 Å². The van der Waals surface area contributed by atoms with Crippen molar-refractivity contribution in [3.8, 4) is 0 Å². The number of hydrogen-bond acceptors (Lipinski definition) is 13. The second kappa shape index (κ2) is 16.9. The van der Waals surface area contributed by atoms with Crippen molar-refractivity contribution in [2.24, 2.45) is 9.98 Å². The number of nitrogens with one attached hydrogen (secondary N) is 4. The standard InChI is InChI=1S/C37H46N8O7S2/c1-21-3-5-23(40-21)13-32(51)44-36(9-10-36)28(47)15-30(49)38-17-27(46)26-20-54-34(43-26)8-7-25-19-53-35(42-25)18-39-31(50)16-29(48)37(11-12-37)45-33(52)14-24-6-4-22(2)41-24/h19-22H,3-18H2,1-2H3,(H,38,49)(H,39,50)(H,44,51)(H,45,52)/t21-,22-/m0/s1. The van der Waals surface area contributed by atoms with E-state index in [4.69, 9.17) is 0 Å². The highest BCUT2D eigenvalue weighted by Gasteiger charge is 2.52. The van der Waals surface area contributed by atoms with Crippen LogP contribution in [0.4, 0.5) is 0 Å². The van der Waals surface area contributed by atoms with Crippen molar-refractivity contribution in [1.82, 2.24) is 31.2 Å². The van der Waals surface area contributed by atoms with Crippen LogP contribution >= 0.6 is 22.7 Å². The maximum Gasteiger partial charge on any atom is 0.227 e. The van der Waals surface area contributed by atoms with Gasteiger partial charge in [-0.1, -0.05) is 0 Å². The lowest BCUT2D eigenvalue weighted by molar-refractivity contribution is -0.133. The summed E-state index contributed by atoms with van der Waals surface area (Å²) in [4.78, 5) is 106. The minimum atomic E-state index is -1.01. The summed E-state index contributed by atoms with van der Waals surface area (Å²) >= 11 is 2.71. The quantitative estimate of drug-likeness (QED) is 0.115. The first kappa shape index (κ1) is 39.2. The molecule has 4 aliphatic rings. The maximum atomic E-state index is 12.9. The van der Waals surface area contributed by atoms with Gasteiger partial charge in [0.1, 0.15) is 10.7 Å². The lowest BCUT2D eigenvalue weighted by Crippen LogP contribution is -2.45. The van der Waals surface area contributed by atoms with Crippen LogP contribution in [0.3, 0.4) is 0 Å². The highest BCUT2D eigenvalue weighted by Crippen LogP contribution is 2.38. The number of aromatic nitrogens is 2. The summed E-state index contributed by atoms with van der Waals surface area (Å²) in [5.41, 5.74) is 0.745. The van der Waals surface area contributed by atoms with Crippen LogP contribution in [0.2, 0.25) is 0 Å². The monoisotopic (exact) mass is 778 g/mol. The molecule has 4 heterocycles. The molecule has 2 aliphatic heterocycles. The zero-order valence-electron chi connectivity index (χ0n) is 30.6. The number of thiazole rings is 2. The van der Waals surface area contributed by atoms with Crippen molar-refractivity contribution in [2.45, 2.75) is 133 Å². The van der Waals surface area contributed by atoms with E-state index in [-0.39, 0.29) is 79.3 Å². The SMILES string of the molecule is C[C@H]1CCC(CC(=O)NC2(C(=O)CC(=O)NCC(=O)c3csc(CCc4csc(CNC(=O)CC(=O)C5(NC(=O)CC6=N[C@@H](C)CC6)CC5)n4)n3)CC2)=N1. The van der Waals surface area contributed by atoms with Crippen LogP contribution < -0.4 is 21.3 Å². The van der Waals surface area contributed by atoms with Crippen LogP contribution in [0.1, 0.15) is 117 Å². The van der Waals surface area contributed by atoms with Crippen LogP contribution in [0.5, 0.6) is 0 Å². The molecule has 54 heavy (non-hydrogen) atoms. The van der Waals surface area contributed by atoms with Gasteiger partial charge in [0.25, 0.3) is 0 Å². The molecule has 0 spiro atoms. The van der Waals surface area contributed by atoms with E-state index in [0.29, 0.717) is 43.5 Å². The van der Waals surface area contributed by atoms with E-state index in [1.54, 1.807) is 5.38 Å². The number of carbonyl (C=O) groups excluding carboxylic acids is 7. The molecular formula is C37H46N8O7S2. The average Bonchev–Trinajstić information content (AvgIpc) is 3.75. The fraction of sp³-hybridized carbons (Fsp3) is 0.595. The summed E-state index contributed by atoms with van der Waals surface area (Å²) in [5.74, 6) is -2.55. The number of amides is 4. The molecule has 0 unspecified atom stereocenters. The zero-order chi connectivity index (χ0) is 38.5. The minimum absolute atomic E-state index is 0.160. The van der Waals surface area contributed by atoms with Gasteiger partial charge in [0, 0.05) is 40.7 Å². The van der Waals surface area contributed by atoms with Gasteiger partial charge in [0.2, 0.25) is 29.4 Å². The van der Waals surface area contributed by atoms with Crippen molar-refractivity contribution in [2.75, 3.05) is 6.54 Å². The van der Waals surface area contributed by atoms with Gasteiger partial charge >= 0.3 is 0 Å². The molecule has 2 aromatic rings. The minimum Gasteiger partial charge on any atom is -0.349 e. The third-order valence-electron chi connectivity index (χ3n) is 10.1. The number of ketones is 3. The maximum absolute atomic E-state index is 12.9. The van der Waals surface area contributed by atoms with E-state index in [0.717, 1.165) is 47.8 Å². The molecule has 2 aliphatic carbocycles. The van der Waals surface area contributed by atoms with Crippen LogP contribution in [-0.2, 0) is 48.2 Å². The van der Waals surface area contributed by atoms with E-state index in [1.807, 2.05) is 19.2 Å². The van der Waals surface area contributed by atoms with E-state index in [1.165, 1.54) is 22.7 Å². The molecule has 2 aromatic heterocycles. The highest BCUT2D eigenvalue weighted by atomic mass is 32.1. The van der Waals surface area contributed by atoms with Crippen molar-refractivity contribution >= 4 is 75.1 Å². The molecule has 0 aromatic carbocycles. The summed E-state index contributed by atoms with van der Waals surface area (Å²) in [6.07, 6.45) is 6.12. The number of carbonyl (C=O) groups is 7. The third kappa shape index (κ3) is 10.6. The molecule has 15 nitrogen and oxygen atoms in total. The highest BCUT2D eigenvalue weighted by molar-refractivity contribution is 7.10. The molecule has 4 amide bonds. The summed E-state index contributed by atoms with van der Waals surface area (Å²) < 4.78 is 0. The molecule has 0 saturated heterocycles. The van der Waals surface area contributed by atoms with E-state index >= 15 is 0 Å². The Balaban J connectivity index is 0.862. The Morgan fingerprint density at radius 1 is 0.685 bits per heavy atom. The molecule has 6 rings (SSSR count). The van der Waals surface area contributed by atoms with Gasteiger partial charge in [-0.3, -0.25) is 43.5 Å². The smallest absolute Gasteiger partial charge is 0.227 e. The Morgan fingerprint density at radius 2 is 1.22 bits per heavy atom. The van der Waals surface area contributed by atoms with Crippen molar-refractivity contribution < 1.29 is 33.6 Å². The van der Waals surface area contributed by atoms with Crippen molar-refractivity contribution in [1.29, 1.82) is 0 Å². The number of aliphatic imine (C=N–C) groups is 2. The van der Waals surface area contributed by atoms with Crippen molar-refractivity contribution in [3.05, 3.63) is 32.2 Å². The third-order valence-corrected chi connectivity index (χ3v) is 11.9. The van der Waals surface area contributed by atoms with Gasteiger partial charge < -0.3 is 21.3 Å². The van der Waals surface area contributed by atoms with E-state index < -0.39 is 29.3 Å². The van der Waals surface area contributed by atoms with Gasteiger partial charge in [-0.05, 0) is 71.6 Å².